The number of halogens is 2. The SMILES string of the molecule is CCNC(=NCC(C)Oc1ccccc1Cl)NCCOCC.I. The second-order valence-corrected chi connectivity index (χ2v) is 5.11. The zero-order chi connectivity index (χ0) is 16.2. The number of aliphatic imine (C=N–C) groups is 1. The van der Waals surface area contributed by atoms with Crippen LogP contribution in [0.15, 0.2) is 29.3 Å². The molecule has 0 fully saturated rings. The van der Waals surface area contributed by atoms with Crippen molar-refractivity contribution in [2.45, 2.75) is 26.9 Å². The van der Waals surface area contributed by atoms with Crippen LogP contribution in [0.2, 0.25) is 5.02 Å². The van der Waals surface area contributed by atoms with Gasteiger partial charge in [-0.1, -0.05) is 23.7 Å². The Labute approximate surface area is 161 Å². The van der Waals surface area contributed by atoms with Crippen molar-refractivity contribution < 1.29 is 9.47 Å². The minimum atomic E-state index is -0.0674. The van der Waals surface area contributed by atoms with Crippen LogP contribution in [0.5, 0.6) is 5.75 Å². The number of benzene rings is 1. The van der Waals surface area contributed by atoms with Gasteiger partial charge in [0.15, 0.2) is 5.96 Å². The Hall–Kier alpha value is -0.730. The second kappa shape index (κ2) is 13.7. The van der Waals surface area contributed by atoms with Gasteiger partial charge in [-0.3, -0.25) is 0 Å². The lowest BCUT2D eigenvalue weighted by atomic mass is 10.3. The lowest BCUT2D eigenvalue weighted by Crippen LogP contribution is -2.39. The van der Waals surface area contributed by atoms with Gasteiger partial charge in [0, 0.05) is 19.7 Å². The molecule has 0 bridgehead atoms. The van der Waals surface area contributed by atoms with Crippen LogP contribution in [0.1, 0.15) is 20.8 Å². The number of ether oxygens (including phenoxy) is 2. The van der Waals surface area contributed by atoms with Crippen LogP contribution in [-0.2, 0) is 4.74 Å². The number of hydrogen-bond donors (Lipinski definition) is 2. The van der Waals surface area contributed by atoms with E-state index in [2.05, 4.69) is 15.6 Å². The predicted octanol–water partition coefficient (Wildman–Crippen LogP) is 3.32. The number of nitrogens with one attached hydrogen (secondary N) is 2. The summed E-state index contributed by atoms with van der Waals surface area (Å²) in [6, 6.07) is 7.44. The van der Waals surface area contributed by atoms with Crippen LogP contribution >= 0.6 is 35.6 Å². The van der Waals surface area contributed by atoms with Crippen LogP contribution in [-0.4, -0.2) is 44.9 Å². The number of rotatable bonds is 9. The molecule has 0 radical (unpaired) electrons. The first kappa shape index (κ1) is 22.3. The van der Waals surface area contributed by atoms with Crippen molar-refractivity contribution >= 4 is 41.5 Å². The molecular weight excluding hydrogens is 429 g/mol. The Balaban J connectivity index is 0.00000484. The Bertz CT molecular complexity index is 461. The van der Waals surface area contributed by atoms with Crippen LogP contribution in [0.3, 0.4) is 0 Å². The molecule has 0 amide bonds. The fourth-order valence-electron chi connectivity index (χ4n) is 1.74. The summed E-state index contributed by atoms with van der Waals surface area (Å²) in [6.07, 6.45) is -0.0674. The Morgan fingerprint density at radius 1 is 1.26 bits per heavy atom. The molecule has 1 aromatic rings. The molecule has 1 unspecified atom stereocenters. The highest BCUT2D eigenvalue weighted by Gasteiger charge is 2.07. The van der Waals surface area contributed by atoms with Crippen LogP contribution < -0.4 is 15.4 Å². The number of para-hydroxylation sites is 1. The summed E-state index contributed by atoms with van der Waals surface area (Å²) >= 11 is 6.08. The zero-order valence-electron chi connectivity index (χ0n) is 14.0. The van der Waals surface area contributed by atoms with Crippen molar-refractivity contribution in [2.75, 3.05) is 32.8 Å². The standard InChI is InChI=1S/C16H26ClN3O2.HI/c1-4-18-16(19-10-11-21-5-2)20-12-13(3)22-15-9-7-6-8-14(15)17;/h6-9,13H,4-5,10-12H2,1-3H3,(H2,18,19,20);1H. The summed E-state index contributed by atoms with van der Waals surface area (Å²) in [6.45, 7) is 9.42. The van der Waals surface area contributed by atoms with Gasteiger partial charge < -0.3 is 20.1 Å². The van der Waals surface area contributed by atoms with Gasteiger partial charge in [0.2, 0.25) is 0 Å². The van der Waals surface area contributed by atoms with Crippen molar-refractivity contribution in [3.05, 3.63) is 29.3 Å². The molecule has 7 heteroatoms. The third-order valence-corrected chi connectivity index (χ3v) is 3.07. The van der Waals surface area contributed by atoms with Crippen molar-refractivity contribution in [3.63, 3.8) is 0 Å². The zero-order valence-corrected chi connectivity index (χ0v) is 17.1. The lowest BCUT2D eigenvalue weighted by molar-refractivity contribution is 0.152. The molecule has 0 spiro atoms. The van der Waals surface area contributed by atoms with Crippen molar-refractivity contribution in [3.8, 4) is 5.75 Å². The smallest absolute Gasteiger partial charge is 0.191 e. The van der Waals surface area contributed by atoms with Gasteiger partial charge in [-0.15, -0.1) is 24.0 Å². The van der Waals surface area contributed by atoms with E-state index in [1.807, 2.05) is 45.0 Å². The van der Waals surface area contributed by atoms with E-state index in [1.165, 1.54) is 0 Å². The topological polar surface area (TPSA) is 54.9 Å². The van der Waals surface area contributed by atoms with E-state index in [1.54, 1.807) is 0 Å². The molecule has 5 nitrogen and oxygen atoms in total. The van der Waals surface area contributed by atoms with Crippen LogP contribution in [0.4, 0.5) is 0 Å². The number of nitrogens with zero attached hydrogens (tertiary/aromatic N) is 1. The third kappa shape index (κ3) is 9.88. The minimum absolute atomic E-state index is 0. The fourth-order valence-corrected chi connectivity index (χ4v) is 1.92. The van der Waals surface area contributed by atoms with Gasteiger partial charge in [0.05, 0.1) is 18.2 Å². The maximum atomic E-state index is 6.08. The first-order chi connectivity index (χ1) is 10.7. The van der Waals surface area contributed by atoms with E-state index < -0.39 is 0 Å². The van der Waals surface area contributed by atoms with Crippen LogP contribution in [0.25, 0.3) is 0 Å². The quantitative estimate of drug-likeness (QED) is 0.260. The first-order valence-corrected chi connectivity index (χ1v) is 8.06. The molecule has 0 aliphatic carbocycles. The molecule has 2 N–H and O–H groups in total. The van der Waals surface area contributed by atoms with Gasteiger partial charge in [-0.25, -0.2) is 4.99 Å². The van der Waals surface area contributed by atoms with E-state index in [9.17, 15) is 0 Å². The van der Waals surface area contributed by atoms with Crippen LogP contribution in [0, 0.1) is 0 Å². The molecule has 132 valence electrons. The molecule has 1 rings (SSSR count). The van der Waals surface area contributed by atoms with Gasteiger partial charge in [-0.2, -0.15) is 0 Å². The van der Waals surface area contributed by atoms with Gasteiger partial charge in [0.1, 0.15) is 11.9 Å². The molecule has 0 saturated carbocycles. The average Bonchev–Trinajstić information content (AvgIpc) is 2.51. The summed E-state index contributed by atoms with van der Waals surface area (Å²) in [4.78, 5) is 4.51. The molecule has 0 aliphatic heterocycles. The molecule has 0 heterocycles. The summed E-state index contributed by atoms with van der Waals surface area (Å²) in [5, 5.41) is 7.02. The summed E-state index contributed by atoms with van der Waals surface area (Å²) in [7, 11) is 0. The molecule has 23 heavy (non-hydrogen) atoms. The summed E-state index contributed by atoms with van der Waals surface area (Å²) in [5.74, 6) is 1.44. The Kier molecular flexibility index (Phi) is 13.3. The highest BCUT2D eigenvalue weighted by molar-refractivity contribution is 14.0. The average molecular weight is 456 g/mol. The van der Waals surface area contributed by atoms with Gasteiger partial charge >= 0.3 is 0 Å². The Morgan fingerprint density at radius 3 is 2.65 bits per heavy atom. The monoisotopic (exact) mass is 455 g/mol. The van der Waals surface area contributed by atoms with E-state index >= 15 is 0 Å². The number of hydrogen-bond acceptors (Lipinski definition) is 3. The van der Waals surface area contributed by atoms with E-state index in [4.69, 9.17) is 21.1 Å². The van der Waals surface area contributed by atoms with E-state index in [0.717, 1.165) is 25.7 Å². The van der Waals surface area contributed by atoms with E-state index in [0.29, 0.717) is 23.9 Å². The highest BCUT2D eigenvalue weighted by atomic mass is 127. The summed E-state index contributed by atoms with van der Waals surface area (Å²) < 4.78 is 11.1. The molecule has 1 aromatic carbocycles. The summed E-state index contributed by atoms with van der Waals surface area (Å²) in [5.41, 5.74) is 0. The van der Waals surface area contributed by atoms with E-state index in [-0.39, 0.29) is 30.1 Å². The molecule has 0 aliphatic rings. The molecule has 0 aromatic heterocycles. The van der Waals surface area contributed by atoms with Crippen molar-refractivity contribution in [2.24, 2.45) is 4.99 Å². The number of guanidine groups is 1. The van der Waals surface area contributed by atoms with Crippen molar-refractivity contribution in [1.82, 2.24) is 10.6 Å². The second-order valence-electron chi connectivity index (χ2n) is 4.70. The lowest BCUT2D eigenvalue weighted by Gasteiger charge is -2.15. The largest absolute Gasteiger partial charge is 0.487 e. The predicted molar refractivity (Wildman–Crippen MR) is 107 cm³/mol. The highest BCUT2D eigenvalue weighted by Crippen LogP contribution is 2.24. The fraction of sp³-hybridized carbons (Fsp3) is 0.562. The van der Waals surface area contributed by atoms with Gasteiger partial charge in [-0.05, 0) is 32.9 Å². The maximum absolute atomic E-state index is 6.08. The van der Waals surface area contributed by atoms with Gasteiger partial charge in [0.25, 0.3) is 0 Å². The third-order valence-electron chi connectivity index (χ3n) is 2.76. The van der Waals surface area contributed by atoms with Crippen molar-refractivity contribution in [1.29, 1.82) is 0 Å². The Morgan fingerprint density at radius 2 is 2.00 bits per heavy atom. The molecule has 1 atom stereocenters. The maximum Gasteiger partial charge on any atom is 0.191 e. The first-order valence-electron chi connectivity index (χ1n) is 7.68. The normalized spacial score (nSPS) is 12.3. The molecule has 0 saturated heterocycles. The molecular formula is C16H27ClIN3O2. The minimum Gasteiger partial charge on any atom is -0.487 e.